The number of benzene rings is 1. The summed E-state index contributed by atoms with van der Waals surface area (Å²) in [6.07, 6.45) is 0. The zero-order valence-electron chi connectivity index (χ0n) is 11.4. The summed E-state index contributed by atoms with van der Waals surface area (Å²) in [4.78, 5) is 13.2. The van der Waals surface area contributed by atoms with E-state index in [1.54, 1.807) is 12.1 Å². The average Bonchev–Trinajstić information content (AvgIpc) is 2.53. The fraction of sp³-hybridized carbons (Fsp3) is 0.133. The first-order valence-corrected chi connectivity index (χ1v) is 5.67. The van der Waals surface area contributed by atoms with Crippen LogP contribution in [0.25, 0.3) is 11.1 Å². The maximum Gasteiger partial charge on any atom is 1.00 e. The number of hydrogen-bond acceptors (Lipinski definition) is 3. The summed E-state index contributed by atoms with van der Waals surface area (Å²) in [5, 5.41) is 11.2. The zero-order valence-corrected chi connectivity index (χ0v) is 14.5. The molecule has 0 saturated carbocycles. The summed E-state index contributed by atoms with van der Waals surface area (Å²) in [5.74, 6) is -0.480. The summed E-state index contributed by atoms with van der Waals surface area (Å²) in [6, 6.07) is 13.9. The van der Waals surface area contributed by atoms with Gasteiger partial charge in [0.1, 0.15) is 0 Å². The summed E-state index contributed by atoms with van der Waals surface area (Å²) in [7, 11) is 3.95. The Balaban J connectivity index is 0.00000180. The Morgan fingerprint density at radius 1 is 0.842 bits per heavy atom. The number of anilines is 1. The maximum atomic E-state index is 11.2. The molecule has 2 aromatic carbocycles. The van der Waals surface area contributed by atoms with Crippen molar-refractivity contribution in [1.82, 2.24) is 0 Å². The van der Waals surface area contributed by atoms with Crippen LogP contribution in [0.2, 0.25) is 0 Å². The molecule has 0 radical (unpaired) electrons. The standard InChI is InChI=1S/C15H15NO2.K/c1-16(2)13-7-3-11(4-8-13)12-5-9-14(17)15(18)10-6-12;/h3-10H,1-2H3,(H,17,18);/q;+1/p-1. The van der Waals surface area contributed by atoms with Crippen molar-refractivity contribution in [1.29, 1.82) is 0 Å². The molecule has 0 fully saturated rings. The molecule has 3 nitrogen and oxygen atoms in total. The van der Waals surface area contributed by atoms with Gasteiger partial charge in [0.25, 0.3) is 0 Å². The van der Waals surface area contributed by atoms with Crippen molar-refractivity contribution in [3.8, 4) is 16.9 Å². The van der Waals surface area contributed by atoms with Crippen molar-refractivity contribution in [3.63, 3.8) is 0 Å². The van der Waals surface area contributed by atoms with Gasteiger partial charge in [0, 0.05) is 19.8 Å². The Hall–Kier alpha value is -0.654. The third kappa shape index (κ3) is 4.16. The molecule has 0 bridgehead atoms. The van der Waals surface area contributed by atoms with Crippen molar-refractivity contribution in [2.45, 2.75) is 0 Å². The van der Waals surface area contributed by atoms with Gasteiger partial charge >= 0.3 is 51.4 Å². The van der Waals surface area contributed by atoms with Crippen molar-refractivity contribution in [2.75, 3.05) is 19.0 Å². The summed E-state index contributed by atoms with van der Waals surface area (Å²) >= 11 is 0. The van der Waals surface area contributed by atoms with E-state index in [2.05, 4.69) is 0 Å². The van der Waals surface area contributed by atoms with Crippen LogP contribution in [0.4, 0.5) is 5.69 Å². The number of nitrogens with zero attached hydrogens (tertiary/aromatic N) is 1. The Morgan fingerprint density at radius 3 is 1.84 bits per heavy atom. The molecule has 0 amide bonds. The third-order valence-electron chi connectivity index (χ3n) is 2.79. The SMILES string of the molecule is CN(C)c1ccc(-c2ccc([O-])c(=O)cc2)cc1.[K+]. The van der Waals surface area contributed by atoms with E-state index in [-0.39, 0.29) is 51.4 Å². The zero-order chi connectivity index (χ0) is 13.1. The van der Waals surface area contributed by atoms with Gasteiger partial charge in [0.05, 0.1) is 0 Å². The monoisotopic (exact) mass is 279 g/mol. The van der Waals surface area contributed by atoms with Crippen LogP contribution in [0, 0.1) is 0 Å². The van der Waals surface area contributed by atoms with Gasteiger partial charge in [-0.15, -0.1) is 0 Å². The summed E-state index contributed by atoms with van der Waals surface area (Å²) < 4.78 is 0. The Kier molecular flexibility index (Phi) is 6.23. The Morgan fingerprint density at radius 2 is 1.32 bits per heavy atom. The second-order valence-corrected chi connectivity index (χ2v) is 4.29. The van der Waals surface area contributed by atoms with E-state index in [1.807, 2.05) is 43.3 Å². The number of hydrogen-bond donors (Lipinski definition) is 0. The van der Waals surface area contributed by atoms with Gasteiger partial charge in [-0.3, -0.25) is 4.79 Å². The smallest absolute Gasteiger partial charge is 0.870 e. The van der Waals surface area contributed by atoms with Crippen molar-refractivity contribution in [2.24, 2.45) is 0 Å². The minimum Gasteiger partial charge on any atom is -0.870 e. The van der Waals surface area contributed by atoms with Crippen molar-refractivity contribution >= 4 is 5.69 Å². The first-order chi connectivity index (χ1) is 8.58. The fourth-order valence-corrected chi connectivity index (χ4v) is 1.70. The minimum absolute atomic E-state index is 0. The molecule has 4 heteroatoms. The van der Waals surface area contributed by atoms with E-state index in [0.717, 1.165) is 16.8 Å². The molecule has 0 heterocycles. The number of rotatable bonds is 2. The summed E-state index contributed by atoms with van der Waals surface area (Å²) in [5.41, 5.74) is 2.47. The second-order valence-electron chi connectivity index (χ2n) is 4.29. The minimum atomic E-state index is -0.480. The molecule has 2 rings (SSSR count). The molecular formula is C15H14KNO2. The van der Waals surface area contributed by atoms with E-state index in [4.69, 9.17) is 0 Å². The molecule has 2 aromatic rings. The molecule has 0 N–H and O–H groups in total. The molecule has 19 heavy (non-hydrogen) atoms. The van der Waals surface area contributed by atoms with Crippen molar-refractivity contribution < 1.29 is 56.5 Å². The van der Waals surface area contributed by atoms with E-state index in [1.165, 1.54) is 12.1 Å². The maximum absolute atomic E-state index is 11.2. The van der Waals surface area contributed by atoms with Gasteiger partial charge in [-0.1, -0.05) is 36.1 Å². The molecule has 0 aliphatic heterocycles. The van der Waals surface area contributed by atoms with Crippen LogP contribution in [0.3, 0.4) is 0 Å². The Bertz CT molecular complexity index is 609. The molecule has 0 saturated heterocycles. The van der Waals surface area contributed by atoms with Crippen LogP contribution in [0.15, 0.2) is 53.3 Å². The largest absolute Gasteiger partial charge is 1.00 e. The van der Waals surface area contributed by atoms with Crippen LogP contribution in [0.1, 0.15) is 0 Å². The second kappa shape index (κ2) is 7.21. The average molecular weight is 279 g/mol. The fourth-order valence-electron chi connectivity index (χ4n) is 1.70. The van der Waals surface area contributed by atoms with Gasteiger partial charge < -0.3 is 10.0 Å². The first kappa shape index (κ1) is 16.4. The van der Waals surface area contributed by atoms with E-state index >= 15 is 0 Å². The van der Waals surface area contributed by atoms with E-state index in [0.29, 0.717) is 0 Å². The third-order valence-corrected chi connectivity index (χ3v) is 2.79. The molecular weight excluding hydrogens is 265 g/mol. The topological polar surface area (TPSA) is 43.4 Å². The molecule has 0 aromatic heterocycles. The molecule has 0 unspecified atom stereocenters. The van der Waals surface area contributed by atoms with Gasteiger partial charge in [-0.05, 0) is 29.3 Å². The van der Waals surface area contributed by atoms with Crippen LogP contribution in [-0.2, 0) is 0 Å². The van der Waals surface area contributed by atoms with Crippen LogP contribution in [-0.4, -0.2) is 14.1 Å². The van der Waals surface area contributed by atoms with Crippen LogP contribution >= 0.6 is 0 Å². The Labute approximate surface area is 155 Å². The molecule has 0 aliphatic carbocycles. The quantitative estimate of drug-likeness (QED) is 0.653. The summed E-state index contributed by atoms with van der Waals surface area (Å²) in [6.45, 7) is 0. The first-order valence-electron chi connectivity index (χ1n) is 5.67. The van der Waals surface area contributed by atoms with Gasteiger partial charge in [-0.2, -0.15) is 0 Å². The van der Waals surface area contributed by atoms with Crippen molar-refractivity contribution in [3.05, 3.63) is 58.8 Å². The van der Waals surface area contributed by atoms with E-state index < -0.39 is 11.2 Å². The predicted octanol–water partition coefficient (Wildman–Crippen LogP) is -1.14. The van der Waals surface area contributed by atoms with Crippen LogP contribution < -0.4 is 66.8 Å². The van der Waals surface area contributed by atoms with Gasteiger partial charge in [0.15, 0.2) is 5.43 Å². The van der Waals surface area contributed by atoms with Gasteiger partial charge in [-0.25, -0.2) is 0 Å². The molecule has 0 spiro atoms. The molecule has 0 atom stereocenters. The van der Waals surface area contributed by atoms with Crippen LogP contribution in [0.5, 0.6) is 5.75 Å². The predicted molar refractivity (Wildman–Crippen MR) is 71.9 cm³/mol. The van der Waals surface area contributed by atoms with E-state index in [9.17, 15) is 9.90 Å². The molecule has 92 valence electrons. The van der Waals surface area contributed by atoms with Gasteiger partial charge in [0.2, 0.25) is 0 Å². The normalized spacial score (nSPS) is 9.58. The molecule has 0 aliphatic rings.